The molecule has 2 fully saturated rings. The number of piperidine rings is 2. The van der Waals surface area contributed by atoms with Crippen molar-refractivity contribution >= 4 is 28.7 Å². The van der Waals surface area contributed by atoms with Crippen molar-refractivity contribution in [3.8, 4) is 0 Å². The highest BCUT2D eigenvalue weighted by atomic mass is 19.3. The molecule has 2 atom stereocenters. The van der Waals surface area contributed by atoms with Crippen LogP contribution in [0.5, 0.6) is 0 Å². The van der Waals surface area contributed by atoms with Crippen molar-refractivity contribution in [2.45, 2.75) is 37.0 Å². The molecule has 2 aliphatic heterocycles. The number of likely N-dealkylation sites (tertiary alicyclic amines) is 1. The number of nitrogens with zero attached hydrogens (tertiary/aromatic N) is 3. The molecule has 1 aromatic heterocycles. The number of carbonyl (C=O) groups is 3. The van der Waals surface area contributed by atoms with Gasteiger partial charge in [-0.3, -0.25) is 29.3 Å². The Balaban J connectivity index is 1.63. The third-order valence-electron chi connectivity index (χ3n) is 5.91. The lowest BCUT2D eigenvalue weighted by atomic mass is 9.85. The summed E-state index contributed by atoms with van der Waals surface area (Å²) in [5.41, 5.74) is 1.63. The van der Waals surface area contributed by atoms with Crippen LogP contribution < -0.4 is 5.32 Å². The lowest BCUT2D eigenvalue weighted by Gasteiger charge is -2.37. The van der Waals surface area contributed by atoms with E-state index in [1.807, 2.05) is 0 Å². The van der Waals surface area contributed by atoms with Crippen molar-refractivity contribution < 1.29 is 28.3 Å². The van der Waals surface area contributed by atoms with Gasteiger partial charge in [0.1, 0.15) is 0 Å². The number of rotatable bonds is 4. The van der Waals surface area contributed by atoms with Crippen LogP contribution in [0.1, 0.15) is 42.4 Å². The van der Waals surface area contributed by atoms with E-state index in [4.69, 9.17) is 5.11 Å². The maximum atomic E-state index is 14.8. The number of carboxylic acids is 1. The van der Waals surface area contributed by atoms with Crippen LogP contribution in [0.4, 0.5) is 8.78 Å². The highest BCUT2D eigenvalue weighted by molar-refractivity contribution is 6.02. The third-order valence-corrected chi connectivity index (χ3v) is 5.91. The van der Waals surface area contributed by atoms with Crippen molar-refractivity contribution in [3.63, 3.8) is 0 Å². The standard InChI is InChI=1S/C20H22F2N4O4/c1-25-15-8-11(14-6-7-26(9-17(28)29)10-20(14,21)22)2-3-12(15)18(24-25)13-4-5-16(27)23-19(13)30/h2-3,8,13-14H,4-7,9-10H2,1H3,(H,28,29)(H,23,27,30). The molecule has 0 aliphatic carbocycles. The van der Waals surface area contributed by atoms with E-state index in [1.54, 1.807) is 29.9 Å². The van der Waals surface area contributed by atoms with Gasteiger partial charge in [-0.1, -0.05) is 12.1 Å². The van der Waals surface area contributed by atoms with Crippen LogP contribution in [0, 0.1) is 0 Å². The zero-order valence-electron chi connectivity index (χ0n) is 16.4. The second-order valence-electron chi connectivity index (χ2n) is 8.00. The van der Waals surface area contributed by atoms with Gasteiger partial charge in [-0.15, -0.1) is 0 Å². The monoisotopic (exact) mass is 420 g/mol. The number of carboxylic acid groups (broad SMARTS) is 1. The first-order chi connectivity index (χ1) is 14.2. The average molecular weight is 420 g/mol. The highest BCUT2D eigenvalue weighted by Gasteiger charge is 2.45. The molecule has 2 saturated heterocycles. The number of fused-ring (bicyclic) bond motifs is 1. The van der Waals surface area contributed by atoms with Gasteiger partial charge in [-0.25, -0.2) is 8.78 Å². The Morgan fingerprint density at radius 3 is 2.77 bits per heavy atom. The fourth-order valence-electron chi connectivity index (χ4n) is 4.48. The molecule has 0 saturated carbocycles. The molecule has 0 radical (unpaired) electrons. The minimum absolute atomic E-state index is 0.142. The number of hydrogen-bond donors (Lipinski definition) is 2. The summed E-state index contributed by atoms with van der Waals surface area (Å²) in [4.78, 5) is 35.8. The van der Waals surface area contributed by atoms with Gasteiger partial charge in [-0.2, -0.15) is 5.10 Å². The highest BCUT2D eigenvalue weighted by Crippen LogP contribution is 2.41. The molecule has 2 amide bonds. The molecule has 2 aromatic rings. The fraction of sp³-hybridized carbons (Fsp3) is 0.500. The molecule has 0 spiro atoms. The van der Waals surface area contributed by atoms with E-state index in [9.17, 15) is 23.2 Å². The summed E-state index contributed by atoms with van der Waals surface area (Å²) in [6, 6.07) is 5.00. The summed E-state index contributed by atoms with van der Waals surface area (Å²) in [7, 11) is 1.69. The zero-order valence-corrected chi connectivity index (χ0v) is 16.4. The predicted molar refractivity (Wildman–Crippen MR) is 102 cm³/mol. The lowest BCUT2D eigenvalue weighted by Crippen LogP contribution is -2.48. The number of amides is 2. The number of aliphatic carboxylic acids is 1. The number of hydrogen-bond acceptors (Lipinski definition) is 5. The Morgan fingerprint density at radius 1 is 1.33 bits per heavy atom. The minimum Gasteiger partial charge on any atom is -0.480 e. The molecule has 2 aliphatic rings. The summed E-state index contributed by atoms with van der Waals surface area (Å²) >= 11 is 0. The SMILES string of the molecule is Cn1nc(C2CCC(=O)NC2=O)c2ccc(C3CCN(CC(=O)O)CC3(F)F)cc21. The number of aromatic nitrogens is 2. The topological polar surface area (TPSA) is 105 Å². The van der Waals surface area contributed by atoms with Crippen LogP contribution in [-0.2, 0) is 21.4 Å². The van der Waals surface area contributed by atoms with E-state index < -0.39 is 42.7 Å². The van der Waals surface area contributed by atoms with Crippen LogP contribution in [0.15, 0.2) is 18.2 Å². The molecule has 0 bridgehead atoms. The molecule has 160 valence electrons. The van der Waals surface area contributed by atoms with Crippen molar-refractivity contribution in [1.82, 2.24) is 20.0 Å². The van der Waals surface area contributed by atoms with E-state index >= 15 is 0 Å². The molecule has 30 heavy (non-hydrogen) atoms. The summed E-state index contributed by atoms with van der Waals surface area (Å²) in [5, 5.41) is 16.3. The molecule has 4 rings (SSSR count). The smallest absolute Gasteiger partial charge is 0.317 e. The van der Waals surface area contributed by atoms with E-state index in [1.165, 1.54) is 4.90 Å². The van der Waals surface area contributed by atoms with Gasteiger partial charge in [0.15, 0.2) is 0 Å². The largest absolute Gasteiger partial charge is 0.480 e. The van der Waals surface area contributed by atoms with Crippen molar-refractivity contribution in [1.29, 1.82) is 0 Å². The zero-order chi connectivity index (χ0) is 21.6. The first-order valence-corrected chi connectivity index (χ1v) is 9.78. The summed E-state index contributed by atoms with van der Waals surface area (Å²) in [6.07, 6.45) is 0.732. The minimum atomic E-state index is -3.06. The Kier molecular flexibility index (Phi) is 5.05. The van der Waals surface area contributed by atoms with E-state index in [0.29, 0.717) is 28.6 Å². The summed E-state index contributed by atoms with van der Waals surface area (Å²) in [5.74, 6) is -6.48. The third kappa shape index (κ3) is 3.67. The summed E-state index contributed by atoms with van der Waals surface area (Å²) in [6.45, 7) is -0.731. The van der Waals surface area contributed by atoms with Crippen molar-refractivity contribution in [2.24, 2.45) is 7.05 Å². The molecule has 10 heteroatoms. The quantitative estimate of drug-likeness (QED) is 0.729. The Hall–Kier alpha value is -2.88. The Bertz CT molecular complexity index is 1040. The number of alkyl halides is 2. The second-order valence-corrected chi connectivity index (χ2v) is 8.00. The number of halogens is 2. The number of benzene rings is 1. The van der Waals surface area contributed by atoms with Crippen LogP contribution in [-0.4, -0.2) is 63.1 Å². The molecule has 2 unspecified atom stereocenters. The van der Waals surface area contributed by atoms with Gasteiger partial charge in [0, 0.05) is 18.9 Å². The Labute approximate surface area is 170 Å². The fourth-order valence-corrected chi connectivity index (χ4v) is 4.48. The van der Waals surface area contributed by atoms with Gasteiger partial charge in [-0.05, 0) is 31.0 Å². The number of imide groups is 1. The van der Waals surface area contributed by atoms with E-state index in [2.05, 4.69) is 10.4 Å². The van der Waals surface area contributed by atoms with Crippen molar-refractivity contribution in [2.75, 3.05) is 19.6 Å². The molecular weight excluding hydrogens is 398 g/mol. The first kappa shape index (κ1) is 20.4. The predicted octanol–water partition coefficient (Wildman–Crippen LogP) is 1.60. The molecule has 8 nitrogen and oxygen atoms in total. The maximum Gasteiger partial charge on any atom is 0.317 e. The van der Waals surface area contributed by atoms with Crippen LogP contribution in [0.25, 0.3) is 10.9 Å². The van der Waals surface area contributed by atoms with Gasteiger partial charge >= 0.3 is 5.97 Å². The molecular formula is C20H22F2N4O4. The average Bonchev–Trinajstić information content (AvgIpc) is 2.96. The lowest BCUT2D eigenvalue weighted by molar-refractivity contribution is -0.142. The maximum absolute atomic E-state index is 14.8. The second kappa shape index (κ2) is 7.42. The van der Waals surface area contributed by atoms with E-state index in [-0.39, 0.29) is 25.3 Å². The van der Waals surface area contributed by atoms with Gasteiger partial charge < -0.3 is 5.11 Å². The van der Waals surface area contributed by atoms with Crippen LogP contribution in [0.3, 0.4) is 0 Å². The van der Waals surface area contributed by atoms with Gasteiger partial charge in [0.2, 0.25) is 11.8 Å². The molecule has 1 aromatic carbocycles. The van der Waals surface area contributed by atoms with Crippen molar-refractivity contribution in [3.05, 3.63) is 29.5 Å². The molecule has 2 N–H and O–H groups in total. The molecule has 3 heterocycles. The summed E-state index contributed by atoms with van der Waals surface area (Å²) < 4.78 is 31.2. The van der Waals surface area contributed by atoms with Crippen LogP contribution >= 0.6 is 0 Å². The normalized spacial score (nSPS) is 24.8. The Morgan fingerprint density at radius 2 is 2.10 bits per heavy atom. The number of carbonyl (C=O) groups excluding carboxylic acids is 2. The number of aryl methyl sites for hydroxylation is 1. The van der Waals surface area contributed by atoms with Crippen LogP contribution in [0.2, 0.25) is 0 Å². The van der Waals surface area contributed by atoms with Gasteiger partial charge in [0.25, 0.3) is 5.92 Å². The van der Waals surface area contributed by atoms with Gasteiger partial charge in [0.05, 0.1) is 36.1 Å². The van der Waals surface area contributed by atoms with E-state index in [0.717, 1.165) is 0 Å². The number of nitrogens with one attached hydrogen (secondary N) is 1. The first-order valence-electron chi connectivity index (χ1n) is 9.78.